The first kappa shape index (κ1) is 17.6. The first-order valence-electron chi connectivity index (χ1n) is 9.71. The lowest BCUT2D eigenvalue weighted by Gasteiger charge is -2.35. The average Bonchev–Trinajstić information content (AvgIpc) is 3.40. The van der Waals surface area contributed by atoms with Crippen LogP contribution in [0.15, 0.2) is 48.7 Å². The minimum atomic E-state index is -0.0490. The number of amides is 2. The number of nitrogens with one attached hydrogen (secondary N) is 1. The zero-order chi connectivity index (χ0) is 19.8. The molecule has 1 saturated heterocycles. The summed E-state index contributed by atoms with van der Waals surface area (Å²) in [7, 11) is 0. The zero-order valence-electron chi connectivity index (χ0n) is 15.9. The number of fused-ring (bicyclic) bond motifs is 2. The van der Waals surface area contributed by atoms with Gasteiger partial charge in [0.25, 0.3) is 5.91 Å². The van der Waals surface area contributed by atoms with Crippen LogP contribution < -0.4 is 9.47 Å². The van der Waals surface area contributed by atoms with E-state index < -0.39 is 0 Å². The van der Waals surface area contributed by atoms with Gasteiger partial charge >= 0.3 is 0 Å². The number of para-hydroxylation sites is 1. The molecule has 148 valence electrons. The fourth-order valence-electron chi connectivity index (χ4n) is 3.92. The van der Waals surface area contributed by atoms with Crippen molar-refractivity contribution in [2.24, 2.45) is 0 Å². The van der Waals surface area contributed by atoms with Crippen molar-refractivity contribution < 1.29 is 19.1 Å². The molecule has 2 amide bonds. The molecule has 0 saturated carbocycles. The summed E-state index contributed by atoms with van der Waals surface area (Å²) in [6.45, 7) is 2.30. The molecule has 7 nitrogen and oxygen atoms in total. The fourth-order valence-corrected chi connectivity index (χ4v) is 3.92. The largest absolute Gasteiger partial charge is 0.454 e. The number of carbonyl (C=O) groups is 2. The number of rotatable bonds is 3. The molecule has 0 radical (unpaired) electrons. The number of carbonyl (C=O) groups excluding carboxylic acids is 2. The second kappa shape index (κ2) is 7.16. The molecule has 0 bridgehead atoms. The molecule has 3 aromatic rings. The van der Waals surface area contributed by atoms with E-state index in [1.54, 1.807) is 23.1 Å². The van der Waals surface area contributed by atoms with E-state index in [2.05, 4.69) is 4.98 Å². The maximum absolute atomic E-state index is 12.8. The number of hydrogen-bond acceptors (Lipinski definition) is 4. The van der Waals surface area contributed by atoms with Crippen molar-refractivity contribution >= 4 is 22.7 Å². The van der Waals surface area contributed by atoms with Gasteiger partial charge in [0, 0.05) is 48.8 Å². The number of piperazine rings is 1. The molecule has 3 heterocycles. The average molecular weight is 391 g/mol. The van der Waals surface area contributed by atoms with Crippen LogP contribution >= 0.6 is 0 Å². The van der Waals surface area contributed by atoms with E-state index in [0.717, 1.165) is 16.5 Å². The first-order chi connectivity index (χ1) is 14.2. The topological polar surface area (TPSA) is 74.9 Å². The standard InChI is InChI=1S/C22H21N3O4/c26-21(12-16-13-23-18-4-2-1-3-17(16)18)24-7-9-25(10-8-24)22(27)15-5-6-19-20(11-15)29-14-28-19/h1-6,11,13,23H,7-10,12,14H2. The lowest BCUT2D eigenvalue weighted by molar-refractivity contribution is -0.131. The van der Waals surface area contributed by atoms with E-state index in [1.165, 1.54) is 0 Å². The van der Waals surface area contributed by atoms with Gasteiger partial charge in [-0.05, 0) is 29.8 Å². The van der Waals surface area contributed by atoms with Crippen molar-refractivity contribution in [3.8, 4) is 11.5 Å². The Hall–Kier alpha value is -3.48. The maximum Gasteiger partial charge on any atom is 0.254 e. The van der Waals surface area contributed by atoms with Crippen LogP contribution in [0.2, 0.25) is 0 Å². The third-order valence-corrected chi connectivity index (χ3v) is 5.56. The Morgan fingerprint density at radius 3 is 2.55 bits per heavy atom. The Bertz CT molecular complexity index is 1080. The normalized spacial score (nSPS) is 15.7. The summed E-state index contributed by atoms with van der Waals surface area (Å²) in [5, 5.41) is 1.08. The smallest absolute Gasteiger partial charge is 0.254 e. The highest BCUT2D eigenvalue weighted by molar-refractivity contribution is 5.95. The summed E-state index contributed by atoms with van der Waals surface area (Å²) < 4.78 is 10.7. The van der Waals surface area contributed by atoms with E-state index in [4.69, 9.17) is 9.47 Å². The molecule has 2 aliphatic heterocycles. The van der Waals surface area contributed by atoms with Crippen molar-refractivity contribution in [1.82, 2.24) is 14.8 Å². The Morgan fingerprint density at radius 2 is 1.69 bits per heavy atom. The Kier molecular flexibility index (Phi) is 4.35. The Morgan fingerprint density at radius 1 is 0.931 bits per heavy atom. The minimum Gasteiger partial charge on any atom is -0.454 e. The predicted octanol–water partition coefficient (Wildman–Crippen LogP) is 2.42. The number of ether oxygens (including phenoxy) is 2. The van der Waals surface area contributed by atoms with Crippen LogP contribution in [-0.4, -0.2) is 59.6 Å². The van der Waals surface area contributed by atoms with Crippen LogP contribution in [0.5, 0.6) is 11.5 Å². The predicted molar refractivity (Wildman–Crippen MR) is 107 cm³/mol. The van der Waals surface area contributed by atoms with Crippen molar-refractivity contribution in [1.29, 1.82) is 0 Å². The lowest BCUT2D eigenvalue weighted by atomic mass is 10.1. The molecule has 2 aromatic carbocycles. The number of aromatic nitrogens is 1. The van der Waals surface area contributed by atoms with E-state index in [9.17, 15) is 9.59 Å². The zero-order valence-corrected chi connectivity index (χ0v) is 15.9. The van der Waals surface area contributed by atoms with Crippen LogP contribution in [0, 0.1) is 0 Å². The van der Waals surface area contributed by atoms with Crippen molar-refractivity contribution in [2.45, 2.75) is 6.42 Å². The van der Waals surface area contributed by atoms with Crippen LogP contribution in [-0.2, 0) is 11.2 Å². The number of aromatic amines is 1. The van der Waals surface area contributed by atoms with Crippen LogP contribution in [0.3, 0.4) is 0 Å². The third kappa shape index (κ3) is 3.29. The molecule has 0 atom stereocenters. The highest BCUT2D eigenvalue weighted by Gasteiger charge is 2.26. The van der Waals surface area contributed by atoms with Gasteiger partial charge in [-0.1, -0.05) is 18.2 Å². The summed E-state index contributed by atoms with van der Waals surface area (Å²) in [4.78, 5) is 32.4. The second-order valence-corrected chi connectivity index (χ2v) is 7.28. The van der Waals surface area contributed by atoms with Crippen molar-refractivity contribution in [3.63, 3.8) is 0 Å². The molecule has 1 fully saturated rings. The van der Waals surface area contributed by atoms with E-state index in [0.29, 0.717) is 49.7 Å². The monoisotopic (exact) mass is 391 g/mol. The molecule has 0 aliphatic carbocycles. The SMILES string of the molecule is O=C(Cc1c[nH]c2ccccc12)N1CCN(C(=O)c2ccc3c(c2)OCO3)CC1. The number of hydrogen-bond donors (Lipinski definition) is 1. The fraction of sp³-hybridized carbons (Fsp3) is 0.273. The van der Waals surface area contributed by atoms with Crippen LogP contribution in [0.25, 0.3) is 10.9 Å². The number of benzene rings is 2. The van der Waals surface area contributed by atoms with E-state index >= 15 is 0 Å². The molecule has 7 heteroatoms. The second-order valence-electron chi connectivity index (χ2n) is 7.28. The molecule has 29 heavy (non-hydrogen) atoms. The van der Waals surface area contributed by atoms with Gasteiger partial charge in [-0.2, -0.15) is 0 Å². The number of nitrogens with zero attached hydrogens (tertiary/aromatic N) is 2. The van der Waals surface area contributed by atoms with Gasteiger partial charge in [0.15, 0.2) is 11.5 Å². The van der Waals surface area contributed by atoms with Crippen molar-refractivity contribution in [3.05, 3.63) is 59.8 Å². The molecule has 5 rings (SSSR count). The van der Waals surface area contributed by atoms with Gasteiger partial charge in [0.2, 0.25) is 12.7 Å². The summed E-state index contributed by atoms with van der Waals surface area (Å²) in [5.74, 6) is 1.30. The molecule has 1 aromatic heterocycles. The molecule has 0 unspecified atom stereocenters. The van der Waals surface area contributed by atoms with Crippen LogP contribution in [0.4, 0.5) is 0 Å². The van der Waals surface area contributed by atoms with E-state index in [1.807, 2.05) is 35.4 Å². The first-order valence-corrected chi connectivity index (χ1v) is 9.71. The van der Waals surface area contributed by atoms with Gasteiger partial charge in [-0.15, -0.1) is 0 Å². The van der Waals surface area contributed by atoms with Gasteiger partial charge in [0.1, 0.15) is 0 Å². The summed E-state index contributed by atoms with van der Waals surface area (Å²) in [5.41, 5.74) is 2.62. The molecular formula is C22H21N3O4. The van der Waals surface area contributed by atoms with E-state index in [-0.39, 0.29) is 18.6 Å². The Balaban J connectivity index is 1.21. The molecule has 1 N–H and O–H groups in total. The Labute approximate surface area is 167 Å². The van der Waals surface area contributed by atoms with Gasteiger partial charge in [-0.3, -0.25) is 9.59 Å². The summed E-state index contributed by atoms with van der Waals surface area (Å²) >= 11 is 0. The highest BCUT2D eigenvalue weighted by atomic mass is 16.7. The van der Waals surface area contributed by atoms with Gasteiger partial charge in [0.05, 0.1) is 6.42 Å². The van der Waals surface area contributed by atoms with Crippen LogP contribution in [0.1, 0.15) is 15.9 Å². The summed E-state index contributed by atoms with van der Waals surface area (Å²) in [6, 6.07) is 13.2. The maximum atomic E-state index is 12.8. The molecular weight excluding hydrogens is 370 g/mol. The van der Waals surface area contributed by atoms with Gasteiger partial charge in [-0.25, -0.2) is 0 Å². The number of H-pyrrole nitrogens is 1. The molecule has 0 spiro atoms. The third-order valence-electron chi connectivity index (χ3n) is 5.56. The van der Waals surface area contributed by atoms with Crippen molar-refractivity contribution in [2.75, 3.05) is 33.0 Å². The quantitative estimate of drug-likeness (QED) is 0.744. The molecule has 2 aliphatic rings. The van der Waals surface area contributed by atoms with Gasteiger partial charge < -0.3 is 24.3 Å². The minimum absolute atomic E-state index is 0.0490. The lowest BCUT2D eigenvalue weighted by Crippen LogP contribution is -2.51. The summed E-state index contributed by atoms with van der Waals surface area (Å²) in [6.07, 6.45) is 2.27. The highest BCUT2D eigenvalue weighted by Crippen LogP contribution is 2.32.